The third-order valence-electron chi connectivity index (χ3n) is 3.87. The average Bonchev–Trinajstić information content (AvgIpc) is 2.59. The zero-order valence-electron chi connectivity index (χ0n) is 13.8. The summed E-state index contributed by atoms with van der Waals surface area (Å²) in [5.74, 6) is -1.71. The zero-order chi connectivity index (χ0) is 18.4. The van der Waals surface area contributed by atoms with Crippen molar-refractivity contribution in [2.75, 3.05) is 19.0 Å². The maximum atomic E-state index is 12.3. The molecule has 0 spiro atoms. The number of hydrogen-bond acceptors (Lipinski definition) is 5. The van der Waals surface area contributed by atoms with Gasteiger partial charge in [-0.25, -0.2) is 14.5 Å². The van der Waals surface area contributed by atoms with Gasteiger partial charge in [0.2, 0.25) is 5.91 Å². The lowest BCUT2D eigenvalue weighted by Gasteiger charge is -2.43. The van der Waals surface area contributed by atoms with Crippen LogP contribution in [-0.4, -0.2) is 48.5 Å². The van der Waals surface area contributed by atoms with Crippen molar-refractivity contribution in [3.05, 3.63) is 30.3 Å². The number of likely N-dealkylation sites (tertiary alicyclic amines) is 1. The number of methoxy groups -OCH3 is 1. The van der Waals surface area contributed by atoms with Gasteiger partial charge in [0.25, 0.3) is 0 Å². The highest BCUT2D eigenvalue weighted by atomic mass is 16.5. The molecule has 1 aromatic rings. The van der Waals surface area contributed by atoms with Crippen molar-refractivity contribution in [2.24, 2.45) is 22.4 Å². The van der Waals surface area contributed by atoms with E-state index in [4.69, 9.17) is 16.2 Å². The maximum absolute atomic E-state index is 12.3. The fourth-order valence-electron chi connectivity index (χ4n) is 2.67. The van der Waals surface area contributed by atoms with E-state index < -0.39 is 29.9 Å². The van der Waals surface area contributed by atoms with Gasteiger partial charge in [0, 0.05) is 12.2 Å². The largest absolute Gasteiger partial charge is 0.467 e. The number of guanidine groups is 1. The van der Waals surface area contributed by atoms with E-state index in [1.165, 1.54) is 7.11 Å². The number of nitrogens with one attached hydrogen (secondary N) is 1. The van der Waals surface area contributed by atoms with E-state index in [-0.39, 0.29) is 5.96 Å². The number of benzene rings is 1. The van der Waals surface area contributed by atoms with Gasteiger partial charge in [-0.2, -0.15) is 0 Å². The van der Waals surface area contributed by atoms with Crippen LogP contribution in [0.25, 0.3) is 0 Å². The molecule has 1 fully saturated rings. The summed E-state index contributed by atoms with van der Waals surface area (Å²) in [6, 6.07) is 7.06. The first-order valence-corrected chi connectivity index (χ1v) is 7.78. The summed E-state index contributed by atoms with van der Waals surface area (Å²) in [7, 11) is 1.22. The molecule has 1 saturated heterocycles. The second kappa shape index (κ2) is 8.13. The van der Waals surface area contributed by atoms with Crippen LogP contribution in [0, 0.1) is 5.92 Å². The molecule has 0 radical (unpaired) electrons. The summed E-state index contributed by atoms with van der Waals surface area (Å²) >= 11 is 0. The molecule has 1 aliphatic rings. The molecule has 0 bridgehead atoms. The molecular weight excluding hydrogens is 326 g/mol. The summed E-state index contributed by atoms with van der Waals surface area (Å²) in [6.45, 7) is 0.343. The fraction of sp³-hybridized carbons (Fsp3) is 0.375. The summed E-state index contributed by atoms with van der Waals surface area (Å²) in [6.07, 6.45) is 0.889. The van der Waals surface area contributed by atoms with Gasteiger partial charge in [0.15, 0.2) is 12.0 Å². The molecule has 2 rings (SSSR count). The molecule has 0 aliphatic carbocycles. The van der Waals surface area contributed by atoms with Gasteiger partial charge in [0.1, 0.15) is 0 Å². The molecule has 25 heavy (non-hydrogen) atoms. The van der Waals surface area contributed by atoms with Crippen molar-refractivity contribution in [3.8, 4) is 0 Å². The first kappa shape index (κ1) is 18.2. The molecule has 2 atom stereocenters. The number of rotatable bonds is 6. The SMILES string of the molecule is COC(=O)[C@@H]1[C@@H](CCCN=C(N)N)C(=O)N1C(=O)Nc1ccccc1. The van der Waals surface area contributed by atoms with Gasteiger partial charge in [-0.3, -0.25) is 9.79 Å². The summed E-state index contributed by atoms with van der Waals surface area (Å²) < 4.78 is 4.73. The Kier molecular flexibility index (Phi) is 5.93. The molecule has 134 valence electrons. The van der Waals surface area contributed by atoms with Crippen LogP contribution in [0.4, 0.5) is 10.5 Å². The molecule has 1 heterocycles. The molecule has 9 nitrogen and oxygen atoms in total. The lowest BCUT2D eigenvalue weighted by atomic mass is 9.84. The van der Waals surface area contributed by atoms with Gasteiger partial charge >= 0.3 is 12.0 Å². The number of aliphatic imine (C=N–C) groups is 1. The number of anilines is 1. The Hall–Kier alpha value is -3.10. The monoisotopic (exact) mass is 347 g/mol. The minimum Gasteiger partial charge on any atom is -0.467 e. The van der Waals surface area contributed by atoms with Crippen LogP contribution in [0.1, 0.15) is 12.8 Å². The number of carbonyl (C=O) groups is 3. The standard InChI is InChI=1S/C16H21N5O4/c1-25-14(23)12-11(8-5-9-19-15(17)18)13(22)21(12)16(24)20-10-6-3-2-4-7-10/h2-4,6-7,11-12H,5,8-9H2,1H3,(H,20,24)(H4,17,18,19)/t11-,12+/m1/s1. The van der Waals surface area contributed by atoms with Gasteiger partial charge < -0.3 is 21.5 Å². The van der Waals surface area contributed by atoms with Crippen molar-refractivity contribution >= 4 is 29.6 Å². The van der Waals surface area contributed by atoms with Crippen LogP contribution in [0.5, 0.6) is 0 Å². The summed E-state index contributed by atoms with van der Waals surface area (Å²) in [5, 5.41) is 2.59. The number of carbonyl (C=O) groups excluding carboxylic acids is 3. The number of urea groups is 1. The zero-order valence-corrected chi connectivity index (χ0v) is 13.8. The smallest absolute Gasteiger partial charge is 0.329 e. The predicted molar refractivity (Wildman–Crippen MR) is 91.5 cm³/mol. The molecule has 0 saturated carbocycles. The number of imide groups is 1. The highest BCUT2D eigenvalue weighted by Gasteiger charge is 2.54. The molecule has 0 unspecified atom stereocenters. The second-order valence-corrected chi connectivity index (χ2v) is 5.53. The van der Waals surface area contributed by atoms with E-state index in [1.807, 2.05) is 0 Å². The van der Waals surface area contributed by atoms with Crippen molar-refractivity contribution < 1.29 is 19.1 Å². The number of nitrogens with zero attached hydrogens (tertiary/aromatic N) is 2. The number of nitrogens with two attached hydrogens (primary N) is 2. The first-order chi connectivity index (χ1) is 12.0. The average molecular weight is 347 g/mol. The van der Waals surface area contributed by atoms with E-state index in [0.717, 1.165) is 4.90 Å². The summed E-state index contributed by atoms with van der Waals surface area (Å²) in [5.41, 5.74) is 11.0. The van der Waals surface area contributed by atoms with Gasteiger partial charge in [-0.1, -0.05) is 18.2 Å². The molecule has 3 amide bonds. The van der Waals surface area contributed by atoms with E-state index in [2.05, 4.69) is 10.3 Å². The van der Waals surface area contributed by atoms with E-state index in [9.17, 15) is 14.4 Å². The highest BCUT2D eigenvalue weighted by molar-refractivity contribution is 6.11. The Morgan fingerprint density at radius 2 is 1.96 bits per heavy atom. The quantitative estimate of drug-likeness (QED) is 0.222. The van der Waals surface area contributed by atoms with Crippen LogP contribution in [0.2, 0.25) is 0 Å². The van der Waals surface area contributed by atoms with Crippen LogP contribution >= 0.6 is 0 Å². The van der Waals surface area contributed by atoms with E-state index in [0.29, 0.717) is 25.1 Å². The Morgan fingerprint density at radius 1 is 1.28 bits per heavy atom. The third-order valence-corrected chi connectivity index (χ3v) is 3.87. The number of amides is 3. The molecule has 5 N–H and O–H groups in total. The lowest BCUT2D eigenvalue weighted by Crippen LogP contribution is -2.67. The number of β-lactam (4-membered cyclic amide) rings is 1. The van der Waals surface area contributed by atoms with Gasteiger partial charge in [-0.05, 0) is 25.0 Å². The Labute approximate surface area is 145 Å². The van der Waals surface area contributed by atoms with Crippen molar-refractivity contribution in [1.82, 2.24) is 4.90 Å². The number of para-hydroxylation sites is 1. The van der Waals surface area contributed by atoms with Crippen molar-refractivity contribution in [2.45, 2.75) is 18.9 Å². The Balaban J connectivity index is 2.02. The molecule has 0 aromatic heterocycles. The molecule has 1 aromatic carbocycles. The number of esters is 1. The molecule has 1 aliphatic heterocycles. The van der Waals surface area contributed by atoms with E-state index >= 15 is 0 Å². The lowest BCUT2D eigenvalue weighted by molar-refractivity contribution is -0.167. The van der Waals surface area contributed by atoms with Crippen LogP contribution < -0.4 is 16.8 Å². The fourth-order valence-corrected chi connectivity index (χ4v) is 2.67. The highest BCUT2D eigenvalue weighted by Crippen LogP contribution is 2.32. The van der Waals surface area contributed by atoms with Crippen LogP contribution in [0.3, 0.4) is 0 Å². The predicted octanol–water partition coefficient (Wildman–Crippen LogP) is 0.272. The maximum Gasteiger partial charge on any atom is 0.329 e. The normalized spacial score (nSPS) is 18.9. The topological polar surface area (TPSA) is 140 Å². The second-order valence-electron chi connectivity index (χ2n) is 5.53. The minimum atomic E-state index is -0.944. The number of hydrogen-bond donors (Lipinski definition) is 3. The van der Waals surface area contributed by atoms with Crippen LogP contribution in [-0.2, 0) is 14.3 Å². The van der Waals surface area contributed by atoms with Crippen LogP contribution in [0.15, 0.2) is 35.3 Å². The summed E-state index contributed by atoms with van der Waals surface area (Å²) in [4.78, 5) is 41.4. The first-order valence-electron chi connectivity index (χ1n) is 7.78. The van der Waals surface area contributed by atoms with Gasteiger partial charge in [-0.15, -0.1) is 0 Å². The van der Waals surface area contributed by atoms with Crippen molar-refractivity contribution in [3.63, 3.8) is 0 Å². The minimum absolute atomic E-state index is 0.0340. The van der Waals surface area contributed by atoms with Gasteiger partial charge in [0.05, 0.1) is 13.0 Å². The number of ether oxygens (including phenoxy) is 1. The Bertz CT molecular complexity index is 672. The third kappa shape index (κ3) is 4.25. The molecule has 9 heteroatoms. The molecular formula is C16H21N5O4. The van der Waals surface area contributed by atoms with E-state index in [1.54, 1.807) is 30.3 Å². The Morgan fingerprint density at radius 3 is 2.56 bits per heavy atom. The van der Waals surface area contributed by atoms with Crippen molar-refractivity contribution in [1.29, 1.82) is 0 Å².